The summed E-state index contributed by atoms with van der Waals surface area (Å²) in [5, 5.41) is 2.94. The molecule has 0 radical (unpaired) electrons. The molecule has 0 heterocycles. The first kappa shape index (κ1) is 22.5. The Kier molecular flexibility index (Phi) is 8.73. The van der Waals surface area contributed by atoms with E-state index in [0.29, 0.717) is 16.4 Å². The van der Waals surface area contributed by atoms with Crippen LogP contribution in [0, 0.1) is 5.92 Å². The monoisotopic (exact) mass is 414 g/mol. The fourth-order valence-electron chi connectivity index (χ4n) is 2.79. The van der Waals surface area contributed by atoms with Crippen molar-refractivity contribution in [3.8, 4) is 0 Å². The van der Waals surface area contributed by atoms with Crippen molar-refractivity contribution in [1.29, 1.82) is 0 Å². The van der Waals surface area contributed by atoms with Crippen molar-refractivity contribution in [2.45, 2.75) is 31.2 Å². The normalized spacial score (nSPS) is 11.7. The summed E-state index contributed by atoms with van der Waals surface area (Å²) in [6.45, 7) is 3.79. The quantitative estimate of drug-likeness (QED) is 0.459. The Bertz CT molecular complexity index is 840. The molecule has 1 atom stereocenters. The second kappa shape index (κ2) is 11.3. The van der Waals surface area contributed by atoms with Gasteiger partial charge in [0.25, 0.3) is 5.91 Å². The summed E-state index contributed by atoms with van der Waals surface area (Å²) in [7, 11) is 0. The molecule has 1 unspecified atom stereocenters. The highest BCUT2D eigenvalue weighted by Gasteiger charge is 2.19. The molecule has 6 nitrogen and oxygen atoms in total. The van der Waals surface area contributed by atoms with Crippen LogP contribution in [0.1, 0.15) is 42.2 Å². The zero-order valence-corrected chi connectivity index (χ0v) is 17.4. The van der Waals surface area contributed by atoms with Crippen molar-refractivity contribution in [2.24, 2.45) is 11.7 Å². The van der Waals surface area contributed by atoms with Crippen LogP contribution in [0.15, 0.2) is 59.5 Å². The molecule has 0 aliphatic heterocycles. The standard InChI is InChI=1S/C22H26N2O4S/c1-15(2)12-18(16-8-4-3-5-9-16)24-21(26)13-28-22(27)17-10-6-7-11-19(17)29-14-20(23)25/h3-11,15,18H,12-14H2,1-2H3,(H2,23,25)(H,24,26). The molecule has 0 saturated heterocycles. The summed E-state index contributed by atoms with van der Waals surface area (Å²) in [6.07, 6.45) is 0.774. The maximum Gasteiger partial charge on any atom is 0.339 e. The van der Waals surface area contributed by atoms with Gasteiger partial charge in [0, 0.05) is 4.90 Å². The molecular formula is C22H26N2O4S. The SMILES string of the molecule is CC(C)CC(NC(=O)COC(=O)c1ccccc1SCC(N)=O)c1ccccc1. The van der Waals surface area contributed by atoms with Crippen LogP contribution in [0.2, 0.25) is 0 Å². The molecule has 3 N–H and O–H groups in total. The minimum Gasteiger partial charge on any atom is -0.452 e. The number of ether oxygens (including phenoxy) is 1. The lowest BCUT2D eigenvalue weighted by Crippen LogP contribution is -2.33. The molecule has 0 aliphatic carbocycles. The molecular weight excluding hydrogens is 388 g/mol. The first-order valence-corrected chi connectivity index (χ1v) is 10.4. The predicted molar refractivity (Wildman–Crippen MR) is 113 cm³/mol. The van der Waals surface area contributed by atoms with Crippen LogP contribution in [0.5, 0.6) is 0 Å². The smallest absolute Gasteiger partial charge is 0.339 e. The van der Waals surface area contributed by atoms with Gasteiger partial charge in [0.05, 0.1) is 17.4 Å². The van der Waals surface area contributed by atoms with Crippen molar-refractivity contribution < 1.29 is 19.1 Å². The van der Waals surface area contributed by atoms with Crippen LogP contribution in [-0.4, -0.2) is 30.1 Å². The van der Waals surface area contributed by atoms with Crippen molar-refractivity contribution >= 4 is 29.5 Å². The maximum absolute atomic E-state index is 12.4. The van der Waals surface area contributed by atoms with Gasteiger partial charge in [-0.1, -0.05) is 56.3 Å². The highest BCUT2D eigenvalue weighted by atomic mass is 32.2. The zero-order valence-electron chi connectivity index (χ0n) is 16.6. The molecule has 0 bridgehead atoms. The van der Waals surface area contributed by atoms with Gasteiger partial charge in [-0.3, -0.25) is 9.59 Å². The van der Waals surface area contributed by atoms with E-state index < -0.39 is 11.9 Å². The fourth-order valence-corrected chi connectivity index (χ4v) is 3.57. The van der Waals surface area contributed by atoms with Gasteiger partial charge in [0.2, 0.25) is 5.91 Å². The predicted octanol–water partition coefficient (Wildman–Crippen LogP) is 3.32. The highest BCUT2D eigenvalue weighted by Crippen LogP contribution is 2.23. The number of carbonyl (C=O) groups is 3. The van der Waals surface area contributed by atoms with Crippen molar-refractivity contribution in [3.05, 3.63) is 65.7 Å². The molecule has 2 rings (SSSR count). The van der Waals surface area contributed by atoms with E-state index in [9.17, 15) is 14.4 Å². The average Bonchev–Trinajstić information content (AvgIpc) is 2.70. The minimum absolute atomic E-state index is 0.0543. The lowest BCUT2D eigenvalue weighted by atomic mass is 9.97. The number of nitrogens with one attached hydrogen (secondary N) is 1. The molecule has 0 aliphatic rings. The van der Waals surface area contributed by atoms with Crippen molar-refractivity contribution in [3.63, 3.8) is 0 Å². The number of esters is 1. The van der Waals surface area contributed by atoms with E-state index in [4.69, 9.17) is 10.5 Å². The number of hydrogen-bond acceptors (Lipinski definition) is 5. The molecule has 0 spiro atoms. The van der Waals surface area contributed by atoms with E-state index in [1.165, 1.54) is 0 Å². The third-order valence-corrected chi connectivity index (χ3v) is 5.15. The number of thioether (sulfide) groups is 1. The summed E-state index contributed by atoms with van der Waals surface area (Å²) in [4.78, 5) is 36.4. The maximum atomic E-state index is 12.4. The highest BCUT2D eigenvalue weighted by molar-refractivity contribution is 8.00. The lowest BCUT2D eigenvalue weighted by Gasteiger charge is -2.21. The van der Waals surface area contributed by atoms with Crippen LogP contribution >= 0.6 is 11.8 Å². The van der Waals surface area contributed by atoms with Crippen LogP contribution < -0.4 is 11.1 Å². The van der Waals surface area contributed by atoms with E-state index in [1.54, 1.807) is 24.3 Å². The average molecular weight is 415 g/mol. The first-order valence-electron chi connectivity index (χ1n) is 9.38. The second-order valence-electron chi connectivity index (χ2n) is 6.99. The van der Waals surface area contributed by atoms with Crippen LogP contribution in [0.3, 0.4) is 0 Å². The molecule has 29 heavy (non-hydrogen) atoms. The molecule has 0 saturated carbocycles. The molecule has 2 amide bonds. The fraction of sp³-hybridized carbons (Fsp3) is 0.318. The number of amides is 2. The van der Waals surface area contributed by atoms with Gasteiger partial charge in [0.1, 0.15) is 0 Å². The summed E-state index contributed by atoms with van der Waals surface area (Å²) < 4.78 is 5.20. The van der Waals surface area contributed by atoms with Crippen LogP contribution in [0.25, 0.3) is 0 Å². The van der Waals surface area contributed by atoms with Gasteiger partial charge in [-0.15, -0.1) is 11.8 Å². The largest absolute Gasteiger partial charge is 0.452 e. The molecule has 2 aromatic carbocycles. The van der Waals surface area contributed by atoms with Crippen molar-refractivity contribution in [2.75, 3.05) is 12.4 Å². The van der Waals surface area contributed by atoms with E-state index in [1.807, 2.05) is 30.3 Å². The zero-order chi connectivity index (χ0) is 21.2. The number of rotatable bonds is 10. The van der Waals surface area contributed by atoms with Gasteiger partial charge in [0.15, 0.2) is 6.61 Å². The Morgan fingerprint density at radius 3 is 2.34 bits per heavy atom. The molecule has 0 aromatic heterocycles. The number of carbonyl (C=O) groups excluding carboxylic acids is 3. The summed E-state index contributed by atoms with van der Waals surface area (Å²) in [5.74, 6) is -1.02. The molecule has 0 fully saturated rings. The lowest BCUT2D eigenvalue weighted by molar-refractivity contribution is -0.125. The topological polar surface area (TPSA) is 98.5 Å². The summed E-state index contributed by atoms with van der Waals surface area (Å²) in [5.41, 5.74) is 6.47. The Morgan fingerprint density at radius 2 is 1.69 bits per heavy atom. The Hall–Kier alpha value is -2.80. The van der Waals surface area contributed by atoms with Crippen molar-refractivity contribution in [1.82, 2.24) is 5.32 Å². The van der Waals surface area contributed by atoms with Gasteiger partial charge in [-0.25, -0.2) is 4.79 Å². The minimum atomic E-state index is -0.618. The van der Waals surface area contributed by atoms with E-state index >= 15 is 0 Å². The van der Waals surface area contributed by atoms with Gasteiger partial charge in [-0.2, -0.15) is 0 Å². The molecule has 7 heteroatoms. The summed E-state index contributed by atoms with van der Waals surface area (Å²) in [6, 6.07) is 16.3. The van der Waals surface area contributed by atoms with Crippen LogP contribution in [0.4, 0.5) is 0 Å². The number of hydrogen-bond donors (Lipinski definition) is 2. The summed E-state index contributed by atoms with van der Waals surface area (Å²) >= 11 is 1.16. The Balaban J connectivity index is 1.97. The van der Waals surface area contributed by atoms with Crippen LogP contribution in [-0.2, 0) is 14.3 Å². The number of benzene rings is 2. The van der Waals surface area contributed by atoms with E-state index in [0.717, 1.165) is 23.7 Å². The Morgan fingerprint density at radius 1 is 1.03 bits per heavy atom. The molecule has 2 aromatic rings. The second-order valence-corrected chi connectivity index (χ2v) is 8.00. The van der Waals surface area contributed by atoms with E-state index in [2.05, 4.69) is 19.2 Å². The number of nitrogens with two attached hydrogens (primary N) is 1. The van der Waals surface area contributed by atoms with E-state index in [-0.39, 0.29) is 24.3 Å². The Labute approximate surface area is 175 Å². The molecule has 154 valence electrons. The third-order valence-electron chi connectivity index (χ3n) is 4.06. The van der Waals surface area contributed by atoms with Gasteiger partial charge >= 0.3 is 5.97 Å². The van der Waals surface area contributed by atoms with Gasteiger partial charge in [-0.05, 0) is 30.0 Å². The number of primary amides is 1. The first-order chi connectivity index (χ1) is 13.9. The third kappa shape index (κ3) is 7.62. The van der Waals surface area contributed by atoms with Gasteiger partial charge < -0.3 is 15.8 Å².